The maximum absolute atomic E-state index is 14.3. The molecule has 0 radical (unpaired) electrons. The number of sulfonamides is 1. The number of rotatable bonds is 5. The Labute approximate surface area is 259 Å². The van der Waals surface area contributed by atoms with Gasteiger partial charge in [-0.3, -0.25) is 9.78 Å². The van der Waals surface area contributed by atoms with Crippen LogP contribution in [0.5, 0.6) is 5.88 Å². The van der Waals surface area contributed by atoms with Gasteiger partial charge in [0, 0.05) is 24.2 Å². The molecule has 0 saturated carbocycles. The smallest absolute Gasteiger partial charge is 0.264 e. The zero-order valence-corrected chi connectivity index (χ0v) is 26.8. The fourth-order valence-corrected chi connectivity index (χ4v) is 6.43. The zero-order valence-electron chi connectivity index (χ0n) is 26.0. The number of carbonyl (C=O) groups is 1. The third-order valence-electron chi connectivity index (χ3n) is 7.60. The first-order valence-electron chi connectivity index (χ1n) is 14.7. The molecular formula is C32H40N6O5S. The van der Waals surface area contributed by atoms with Gasteiger partial charge in [-0.2, -0.15) is 4.98 Å². The number of allylic oxidation sites excluding steroid dienone is 1. The summed E-state index contributed by atoms with van der Waals surface area (Å²) >= 11 is 0. The minimum atomic E-state index is -4.13. The van der Waals surface area contributed by atoms with E-state index in [9.17, 15) is 13.2 Å². The normalized spacial score (nSPS) is 18.8. The van der Waals surface area contributed by atoms with Gasteiger partial charge in [0.15, 0.2) is 0 Å². The SMILES string of the molecule is C=C(C)c1nc2nc(c1C)OC[C@@H](CC(C)(C)C)N(Cc1ccc(N3CCOCC3)cn1)C(=O)c1cccc(c1)S(=O)(=O)N2. The molecule has 3 aromatic rings. The van der Waals surface area contributed by atoms with E-state index in [4.69, 9.17) is 14.5 Å². The maximum Gasteiger partial charge on any atom is 0.264 e. The van der Waals surface area contributed by atoms with Crippen molar-refractivity contribution in [1.29, 1.82) is 0 Å². The Morgan fingerprint density at radius 2 is 1.89 bits per heavy atom. The highest BCUT2D eigenvalue weighted by Crippen LogP contribution is 2.30. The van der Waals surface area contributed by atoms with Crippen molar-refractivity contribution in [1.82, 2.24) is 19.9 Å². The lowest BCUT2D eigenvalue weighted by molar-refractivity contribution is 0.0508. The topological polar surface area (TPSA) is 127 Å². The summed E-state index contributed by atoms with van der Waals surface area (Å²) in [6.45, 7) is 17.2. The number of nitrogens with one attached hydrogen (secondary N) is 1. The van der Waals surface area contributed by atoms with E-state index in [1.165, 1.54) is 12.1 Å². The average molecular weight is 621 g/mol. The molecule has 0 unspecified atom stereocenters. The number of amides is 1. The van der Waals surface area contributed by atoms with Crippen molar-refractivity contribution in [2.75, 3.05) is 42.5 Å². The van der Waals surface area contributed by atoms with Crippen LogP contribution in [0.2, 0.25) is 0 Å². The van der Waals surface area contributed by atoms with Crippen LogP contribution in [-0.2, 0) is 21.3 Å². The number of anilines is 2. The molecule has 2 aliphatic heterocycles. The molecular weight excluding hydrogens is 580 g/mol. The van der Waals surface area contributed by atoms with Crippen LogP contribution in [0.4, 0.5) is 11.6 Å². The number of hydrogen-bond donors (Lipinski definition) is 1. The summed E-state index contributed by atoms with van der Waals surface area (Å²) < 4.78 is 41.1. The summed E-state index contributed by atoms with van der Waals surface area (Å²) in [6, 6.07) is 9.55. The third kappa shape index (κ3) is 7.19. The molecule has 1 amide bonds. The first-order valence-corrected chi connectivity index (χ1v) is 16.2. The first kappa shape index (κ1) is 31.4. The van der Waals surface area contributed by atoms with Crippen LogP contribution in [0.1, 0.15) is 61.4 Å². The van der Waals surface area contributed by atoms with E-state index >= 15 is 0 Å². The molecule has 1 aromatic carbocycles. The van der Waals surface area contributed by atoms with Gasteiger partial charge in [0.25, 0.3) is 15.9 Å². The number of aromatic nitrogens is 3. The van der Waals surface area contributed by atoms with E-state index in [1.807, 2.05) is 18.3 Å². The molecule has 2 aromatic heterocycles. The van der Waals surface area contributed by atoms with E-state index in [0.29, 0.717) is 42.2 Å². The van der Waals surface area contributed by atoms with Crippen LogP contribution in [0.3, 0.4) is 0 Å². The third-order valence-corrected chi connectivity index (χ3v) is 8.93. The van der Waals surface area contributed by atoms with Gasteiger partial charge < -0.3 is 19.3 Å². The van der Waals surface area contributed by atoms with Crippen LogP contribution >= 0.6 is 0 Å². The second-order valence-corrected chi connectivity index (χ2v) is 14.2. The summed E-state index contributed by atoms with van der Waals surface area (Å²) in [6.07, 6.45) is 2.43. The van der Waals surface area contributed by atoms with Crippen LogP contribution in [0.15, 0.2) is 54.1 Å². The summed E-state index contributed by atoms with van der Waals surface area (Å²) in [7, 11) is -4.13. The Kier molecular flexibility index (Phi) is 8.94. The number of ether oxygens (including phenoxy) is 2. The van der Waals surface area contributed by atoms with E-state index in [1.54, 1.807) is 30.9 Å². The van der Waals surface area contributed by atoms with Crippen LogP contribution in [0.25, 0.3) is 5.57 Å². The van der Waals surface area contributed by atoms with Gasteiger partial charge >= 0.3 is 0 Å². The van der Waals surface area contributed by atoms with Crippen molar-refractivity contribution in [3.05, 3.63) is 71.7 Å². The number of carbonyl (C=O) groups excluding carboxylic acids is 1. The summed E-state index contributed by atoms with van der Waals surface area (Å²) in [5.74, 6) is -0.232. The van der Waals surface area contributed by atoms with Gasteiger partial charge in [0.2, 0.25) is 11.8 Å². The number of pyridine rings is 1. The molecule has 1 fully saturated rings. The summed E-state index contributed by atoms with van der Waals surface area (Å²) in [5.41, 5.74) is 3.52. The van der Waals surface area contributed by atoms with Crippen molar-refractivity contribution < 1.29 is 22.7 Å². The Bertz CT molecular complexity index is 1650. The number of hydrogen-bond acceptors (Lipinski definition) is 9. The Morgan fingerprint density at radius 3 is 2.55 bits per heavy atom. The molecule has 1 atom stereocenters. The molecule has 2 aliphatic rings. The van der Waals surface area contributed by atoms with Crippen LogP contribution in [-0.4, -0.2) is 73.1 Å². The average Bonchev–Trinajstić information content (AvgIpc) is 2.98. The fourth-order valence-electron chi connectivity index (χ4n) is 5.44. The van der Waals surface area contributed by atoms with Crippen molar-refractivity contribution in [3.8, 4) is 5.88 Å². The van der Waals surface area contributed by atoms with Gasteiger partial charge in [0.1, 0.15) is 6.61 Å². The van der Waals surface area contributed by atoms with Crippen LogP contribution < -0.4 is 14.4 Å². The predicted octanol–water partition coefficient (Wildman–Crippen LogP) is 4.69. The van der Waals surface area contributed by atoms with E-state index in [-0.39, 0.29) is 46.8 Å². The van der Waals surface area contributed by atoms with Gasteiger partial charge in [0.05, 0.1) is 54.0 Å². The monoisotopic (exact) mass is 620 g/mol. The lowest BCUT2D eigenvalue weighted by atomic mass is 9.87. The molecule has 4 bridgehead atoms. The molecule has 5 rings (SSSR count). The largest absolute Gasteiger partial charge is 0.475 e. The van der Waals surface area contributed by atoms with Gasteiger partial charge in [-0.1, -0.05) is 33.4 Å². The lowest BCUT2D eigenvalue weighted by Gasteiger charge is -2.36. The van der Waals surface area contributed by atoms with Gasteiger partial charge in [-0.15, -0.1) is 0 Å². The van der Waals surface area contributed by atoms with E-state index < -0.39 is 16.1 Å². The Morgan fingerprint density at radius 1 is 1.14 bits per heavy atom. The van der Waals surface area contributed by atoms with Crippen molar-refractivity contribution in [2.45, 2.75) is 58.5 Å². The zero-order chi connectivity index (χ0) is 31.6. The Balaban J connectivity index is 1.59. The predicted molar refractivity (Wildman–Crippen MR) is 169 cm³/mol. The quantitative estimate of drug-likeness (QED) is 0.432. The molecule has 44 heavy (non-hydrogen) atoms. The number of nitrogens with zero attached hydrogens (tertiary/aromatic N) is 5. The summed E-state index contributed by atoms with van der Waals surface area (Å²) in [5, 5.41) is 0. The van der Waals surface area contributed by atoms with Crippen molar-refractivity contribution in [2.24, 2.45) is 5.41 Å². The fraction of sp³-hybridized carbons (Fsp3) is 0.438. The second kappa shape index (κ2) is 12.5. The van der Waals surface area contributed by atoms with Crippen molar-refractivity contribution >= 4 is 33.1 Å². The van der Waals surface area contributed by atoms with E-state index in [0.717, 1.165) is 18.8 Å². The highest BCUT2D eigenvalue weighted by Gasteiger charge is 2.32. The number of morpholine rings is 1. The standard InChI is InChI=1S/C32H40N6O5S/c1-21(2)28-22(3)29-35-31(34-28)36-44(40,41)27-9-7-8-23(16-27)30(39)38(26(20-43-29)17-32(4,5)6)19-24-10-11-25(18-33-24)37-12-14-42-15-13-37/h7-11,16,18,26H,1,12-15,17,19-20H2,2-6H3,(H,34,35,36)/t26-/m1/s1. The molecule has 11 nitrogen and oxygen atoms in total. The summed E-state index contributed by atoms with van der Waals surface area (Å²) in [4.78, 5) is 31.8. The highest BCUT2D eigenvalue weighted by atomic mass is 32.2. The minimum Gasteiger partial charge on any atom is -0.475 e. The van der Waals surface area contributed by atoms with Crippen molar-refractivity contribution in [3.63, 3.8) is 0 Å². The molecule has 234 valence electrons. The highest BCUT2D eigenvalue weighted by molar-refractivity contribution is 7.92. The van der Waals surface area contributed by atoms with E-state index in [2.05, 4.69) is 46.9 Å². The van der Waals surface area contributed by atoms with Gasteiger partial charge in [-0.05, 0) is 61.6 Å². The van der Waals surface area contributed by atoms with Crippen LogP contribution in [0, 0.1) is 12.3 Å². The molecule has 0 aliphatic carbocycles. The molecule has 1 saturated heterocycles. The minimum absolute atomic E-state index is 0.0774. The number of benzene rings is 1. The second-order valence-electron chi connectivity index (χ2n) is 12.5. The molecule has 12 heteroatoms. The molecule has 1 N–H and O–H groups in total. The number of fused-ring (bicyclic) bond motifs is 4. The Hall–Kier alpha value is -4.03. The molecule has 4 heterocycles. The first-order chi connectivity index (χ1) is 20.8. The maximum atomic E-state index is 14.3. The molecule has 0 spiro atoms. The lowest BCUT2D eigenvalue weighted by Crippen LogP contribution is -2.45. The van der Waals surface area contributed by atoms with Gasteiger partial charge in [-0.25, -0.2) is 18.1 Å².